The minimum atomic E-state index is 0.280. The zero-order valence-electron chi connectivity index (χ0n) is 6.69. The van der Waals surface area contributed by atoms with E-state index in [4.69, 9.17) is 0 Å². The van der Waals surface area contributed by atoms with E-state index < -0.39 is 0 Å². The summed E-state index contributed by atoms with van der Waals surface area (Å²) in [7, 11) is 5.90. The molecule has 0 aromatic rings. The Morgan fingerprint density at radius 3 is 2.89 bits per heavy atom. The van der Waals surface area contributed by atoms with Crippen molar-refractivity contribution in [1.82, 2.24) is 0 Å². The molecule has 0 N–H and O–H groups in total. The normalized spacial score (nSPS) is 51.7. The van der Waals surface area contributed by atoms with E-state index >= 15 is 0 Å². The fourth-order valence-corrected chi connectivity index (χ4v) is 173. The molecule has 1 saturated heterocycles. The van der Waals surface area contributed by atoms with E-state index in [1.807, 2.05) is 0 Å². The second-order valence-electron chi connectivity index (χ2n) is 3.72. The van der Waals surface area contributed by atoms with Crippen LogP contribution in [0.2, 0.25) is 11.3 Å². The quantitative estimate of drug-likeness (QED) is 0.370. The third-order valence-corrected chi connectivity index (χ3v) is 102. The first-order valence-corrected chi connectivity index (χ1v) is 26.8. The molecule has 54 valence electrons. The maximum Gasteiger partial charge on any atom is 0.00346 e. The smallest absolute Gasteiger partial charge is 0.00346 e. The lowest BCUT2D eigenvalue weighted by Gasteiger charge is -2.02. The van der Waals surface area contributed by atoms with Crippen molar-refractivity contribution in [2.45, 2.75) is 11.3 Å². The molecule has 1 heterocycles. The molecule has 9 heavy (non-hydrogen) atoms. The molecule has 0 spiro atoms. The molecule has 1 aliphatic rings. The largest absolute Gasteiger partial charge is 0.0772 e. The minimum Gasteiger partial charge on any atom is -0.0772 e. The topological polar surface area (TPSA) is 0 Å². The Bertz CT molecular complexity index is 73.0. The molecule has 0 radical (unpaired) electrons. The molecule has 7 heteroatoms. The van der Waals surface area contributed by atoms with Crippen LogP contribution in [0.3, 0.4) is 0 Å². The second-order valence-corrected chi connectivity index (χ2v) is 55.4. The van der Waals surface area contributed by atoms with E-state index in [0.29, 0.717) is 0 Å². The molecule has 0 aromatic heterocycles. The van der Waals surface area contributed by atoms with E-state index in [1.54, 1.807) is 15.0 Å². The summed E-state index contributed by atoms with van der Waals surface area (Å²) in [5, 5.41) is 0. The Morgan fingerprint density at radius 2 is 2.11 bits per heavy atom. The van der Waals surface area contributed by atoms with Crippen LogP contribution in [0.15, 0.2) is 0 Å². The van der Waals surface area contributed by atoms with Crippen molar-refractivity contribution in [3.05, 3.63) is 0 Å². The molecule has 0 amide bonds. The summed E-state index contributed by atoms with van der Waals surface area (Å²) in [6.45, 7) is 2.76. The van der Waals surface area contributed by atoms with Crippen LogP contribution in [-0.2, 0) is 0 Å². The van der Waals surface area contributed by atoms with Crippen LogP contribution in [0, 0.1) is 0 Å². The molecule has 2 atom stereocenters. The predicted molar refractivity (Wildman–Crippen MR) is 69.4 cm³/mol. The van der Waals surface area contributed by atoms with E-state index in [0.717, 1.165) is 43.7 Å². The third kappa shape index (κ3) is 3.43. The molecule has 1 rings (SSSR count). The summed E-state index contributed by atoms with van der Waals surface area (Å²) < 4.78 is 0. The SMILES string of the molecule is C[SiH]1[SiH2][SiH2][SiH2]C([SiH3])[SiH2][SiH2]1. The van der Waals surface area contributed by atoms with Crippen LogP contribution < -0.4 is 0 Å². The van der Waals surface area contributed by atoms with Crippen LogP contribution in [0.5, 0.6) is 0 Å². The molecule has 0 bridgehead atoms. The van der Waals surface area contributed by atoms with E-state index in [-0.39, 0.29) is 7.83 Å². The van der Waals surface area contributed by atoms with Gasteiger partial charge in [-0.3, -0.25) is 0 Å². The standard InChI is InChI=1S/C2H18Si7/c1-9-7-5-2(3)4-6-8-9/h2,9H,4-8H2,1,3H3. The first-order valence-electron chi connectivity index (χ1n) is 4.29. The molecular formula is C2H18Si7. The van der Waals surface area contributed by atoms with Gasteiger partial charge in [0.1, 0.15) is 0 Å². The van der Waals surface area contributed by atoms with Crippen LogP contribution in [-0.4, -0.2) is 61.8 Å². The number of hydrogen-bond donors (Lipinski definition) is 0. The lowest BCUT2D eigenvalue weighted by Crippen LogP contribution is -2.31. The molecule has 0 saturated carbocycles. The van der Waals surface area contributed by atoms with Gasteiger partial charge >= 0.3 is 0 Å². The van der Waals surface area contributed by atoms with Gasteiger partial charge in [-0.05, 0) is 35.9 Å². The van der Waals surface area contributed by atoms with Crippen LogP contribution >= 0.6 is 0 Å². The highest BCUT2D eigenvalue weighted by molar-refractivity contribution is 7.67. The van der Waals surface area contributed by atoms with Crippen molar-refractivity contribution in [2.75, 3.05) is 0 Å². The van der Waals surface area contributed by atoms with Gasteiger partial charge in [0, 0.05) is 25.9 Å². The predicted octanol–water partition coefficient (Wildman–Crippen LogP) is -5.49. The average Bonchev–Trinajstić information content (AvgIpc) is 1.97. The van der Waals surface area contributed by atoms with Crippen molar-refractivity contribution in [2.24, 2.45) is 0 Å². The molecule has 0 aliphatic carbocycles. The van der Waals surface area contributed by atoms with Gasteiger partial charge < -0.3 is 0 Å². The summed E-state index contributed by atoms with van der Waals surface area (Å²) >= 11 is 0. The third-order valence-electron chi connectivity index (χ3n) is 2.55. The van der Waals surface area contributed by atoms with Gasteiger partial charge in [-0.15, -0.1) is 0 Å². The Hall–Kier alpha value is 1.52. The Morgan fingerprint density at radius 1 is 1.33 bits per heavy atom. The Kier molecular flexibility index (Phi) is 4.22. The van der Waals surface area contributed by atoms with Crippen molar-refractivity contribution in [3.63, 3.8) is 0 Å². The summed E-state index contributed by atoms with van der Waals surface area (Å²) in [5.74, 6) is 0. The van der Waals surface area contributed by atoms with E-state index in [2.05, 4.69) is 6.55 Å². The van der Waals surface area contributed by atoms with Crippen LogP contribution in [0.1, 0.15) is 0 Å². The molecule has 1 fully saturated rings. The summed E-state index contributed by atoms with van der Waals surface area (Å²) in [6, 6.07) is 0. The van der Waals surface area contributed by atoms with Gasteiger partial charge in [-0.1, -0.05) is 11.3 Å². The zero-order chi connectivity index (χ0) is 6.69. The van der Waals surface area contributed by atoms with Gasteiger partial charge in [0.05, 0.1) is 0 Å². The van der Waals surface area contributed by atoms with E-state index in [1.165, 1.54) is 0 Å². The maximum absolute atomic E-state index is 2.76. The van der Waals surface area contributed by atoms with Crippen molar-refractivity contribution < 1.29 is 0 Å². The fourth-order valence-electron chi connectivity index (χ4n) is 1.67. The summed E-state index contributed by atoms with van der Waals surface area (Å²) in [6.07, 6.45) is 0. The number of hydrogen-bond acceptors (Lipinski definition) is 0. The van der Waals surface area contributed by atoms with E-state index in [9.17, 15) is 0 Å². The van der Waals surface area contributed by atoms with Gasteiger partial charge in [-0.2, -0.15) is 0 Å². The number of rotatable bonds is 0. The van der Waals surface area contributed by atoms with Gasteiger partial charge in [0.15, 0.2) is 0 Å². The first-order chi connectivity index (χ1) is 4.29. The van der Waals surface area contributed by atoms with Gasteiger partial charge in [0.2, 0.25) is 0 Å². The average molecular weight is 239 g/mol. The highest BCUT2D eigenvalue weighted by Gasteiger charge is 2.14. The second kappa shape index (κ2) is 4.41. The highest BCUT2D eigenvalue weighted by atomic mass is 29.9. The Labute approximate surface area is 73.1 Å². The molecule has 1 aliphatic heterocycles. The van der Waals surface area contributed by atoms with Gasteiger partial charge in [-0.25, -0.2) is 0 Å². The molecule has 2 unspecified atom stereocenters. The maximum atomic E-state index is 2.76. The molecular weight excluding hydrogens is 221 g/mol. The first kappa shape index (κ1) is 8.61. The highest BCUT2D eigenvalue weighted by Crippen LogP contribution is 1.94. The lowest BCUT2D eigenvalue weighted by atomic mass is 11.8. The van der Waals surface area contributed by atoms with Crippen LogP contribution in [0.25, 0.3) is 0 Å². The fraction of sp³-hybridized carbons (Fsp3) is 1.00. The van der Waals surface area contributed by atoms with Gasteiger partial charge in [0.25, 0.3) is 0 Å². The summed E-state index contributed by atoms with van der Waals surface area (Å²) in [4.78, 5) is 1.62. The minimum absolute atomic E-state index is 0.280. The molecule has 0 aromatic carbocycles. The monoisotopic (exact) mass is 238 g/mol. The van der Waals surface area contributed by atoms with Crippen molar-refractivity contribution >= 4 is 61.8 Å². The zero-order valence-corrected chi connectivity index (χ0v) is 16.9. The lowest BCUT2D eigenvalue weighted by molar-refractivity contribution is 1.88. The van der Waals surface area contributed by atoms with Crippen LogP contribution in [0.4, 0.5) is 0 Å². The summed E-state index contributed by atoms with van der Waals surface area (Å²) in [5.41, 5.74) is 0. The van der Waals surface area contributed by atoms with Crippen molar-refractivity contribution in [3.8, 4) is 0 Å². The van der Waals surface area contributed by atoms with Crippen molar-refractivity contribution in [1.29, 1.82) is 0 Å². The molecule has 0 nitrogen and oxygen atoms in total. The Balaban J connectivity index is 2.25.